The minimum absolute atomic E-state index is 0.0637. The number of nitrogens with zero attached hydrogens (tertiary/aromatic N) is 3. The Morgan fingerprint density at radius 1 is 1.21 bits per heavy atom. The first-order valence-corrected chi connectivity index (χ1v) is 9.18. The Balaban J connectivity index is 1.52. The second kappa shape index (κ2) is 6.51. The fourth-order valence-electron chi connectivity index (χ4n) is 3.86. The quantitative estimate of drug-likeness (QED) is 0.522. The third-order valence-corrected chi connectivity index (χ3v) is 5.16. The van der Waals surface area contributed by atoms with Crippen LogP contribution < -0.4 is 10.5 Å². The highest BCUT2D eigenvalue weighted by Crippen LogP contribution is 2.31. The molecular formula is C21H15F2N3O3. The van der Waals surface area contributed by atoms with Gasteiger partial charge >= 0.3 is 0 Å². The number of hydrogen-bond donors (Lipinski definition) is 0. The molecule has 0 bridgehead atoms. The fourth-order valence-corrected chi connectivity index (χ4v) is 3.86. The maximum absolute atomic E-state index is 14.4. The summed E-state index contributed by atoms with van der Waals surface area (Å²) in [5.74, 6) is -1.94. The summed E-state index contributed by atoms with van der Waals surface area (Å²) < 4.78 is 34.6. The first kappa shape index (κ1) is 17.5. The molecule has 4 aromatic rings. The summed E-state index contributed by atoms with van der Waals surface area (Å²) in [5, 5.41) is 0.715. The lowest BCUT2D eigenvalue weighted by atomic mass is 10.0. The third-order valence-electron chi connectivity index (χ3n) is 5.16. The molecule has 0 saturated carbocycles. The first-order valence-electron chi connectivity index (χ1n) is 9.18. The van der Waals surface area contributed by atoms with Crippen molar-refractivity contribution < 1.29 is 18.0 Å². The summed E-state index contributed by atoms with van der Waals surface area (Å²) in [5.41, 5.74) is 1.06. The molecule has 2 aromatic carbocycles. The number of amides is 1. The molecule has 0 saturated heterocycles. The average molecular weight is 395 g/mol. The second-order valence-electron chi connectivity index (χ2n) is 7.00. The number of aromatic nitrogens is 2. The highest BCUT2D eigenvalue weighted by molar-refractivity contribution is 6.02. The SMILES string of the molecule is O=C(Cn1cnc2c(oc3ccccc32)c1=O)N1CCCc2cc(F)cc(F)c21. The number of rotatable bonds is 2. The summed E-state index contributed by atoms with van der Waals surface area (Å²) in [6.45, 7) is -0.0292. The van der Waals surface area contributed by atoms with Crippen molar-refractivity contribution in [2.24, 2.45) is 0 Å². The molecule has 0 unspecified atom stereocenters. The highest BCUT2D eigenvalue weighted by atomic mass is 19.1. The first-order chi connectivity index (χ1) is 14.0. The summed E-state index contributed by atoms with van der Waals surface area (Å²) in [4.78, 5) is 31.2. The topological polar surface area (TPSA) is 68.3 Å². The van der Waals surface area contributed by atoms with Crippen LogP contribution in [0.2, 0.25) is 0 Å². The molecule has 2 aromatic heterocycles. The van der Waals surface area contributed by atoms with Crippen LogP contribution in [0.4, 0.5) is 14.5 Å². The van der Waals surface area contributed by atoms with Crippen molar-refractivity contribution >= 4 is 33.7 Å². The van der Waals surface area contributed by atoms with Crippen molar-refractivity contribution in [3.05, 3.63) is 70.3 Å². The van der Waals surface area contributed by atoms with E-state index in [0.29, 0.717) is 41.4 Å². The van der Waals surface area contributed by atoms with Gasteiger partial charge in [-0.05, 0) is 36.6 Å². The van der Waals surface area contributed by atoms with Crippen LogP contribution in [0.3, 0.4) is 0 Å². The maximum atomic E-state index is 14.4. The normalized spacial score (nSPS) is 13.8. The number of carbonyl (C=O) groups is 1. The minimum Gasteiger partial charge on any atom is -0.448 e. The van der Waals surface area contributed by atoms with Crippen molar-refractivity contribution in [3.63, 3.8) is 0 Å². The van der Waals surface area contributed by atoms with Crippen LogP contribution in [0.5, 0.6) is 0 Å². The zero-order valence-corrected chi connectivity index (χ0v) is 15.2. The molecule has 29 heavy (non-hydrogen) atoms. The number of fused-ring (bicyclic) bond motifs is 4. The third kappa shape index (κ3) is 2.79. The fraction of sp³-hybridized carbons (Fsp3) is 0.190. The molecule has 0 atom stereocenters. The lowest BCUT2D eigenvalue weighted by Gasteiger charge is -2.30. The van der Waals surface area contributed by atoms with E-state index in [4.69, 9.17) is 4.42 Å². The van der Waals surface area contributed by atoms with Crippen molar-refractivity contribution in [3.8, 4) is 0 Å². The van der Waals surface area contributed by atoms with E-state index in [0.717, 1.165) is 10.6 Å². The van der Waals surface area contributed by atoms with E-state index < -0.39 is 23.1 Å². The predicted octanol–water partition coefficient (Wildman–Crippen LogP) is 3.40. The molecule has 0 spiro atoms. The molecule has 3 heterocycles. The van der Waals surface area contributed by atoms with Crippen LogP contribution in [0.15, 0.2) is 51.9 Å². The Labute approximate surface area is 163 Å². The number of para-hydroxylation sites is 1. The van der Waals surface area contributed by atoms with E-state index in [-0.39, 0.29) is 17.8 Å². The molecular weight excluding hydrogens is 380 g/mol. The minimum atomic E-state index is -0.786. The molecule has 0 fully saturated rings. The van der Waals surface area contributed by atoms with Crippen LogP contribution in [-0.2, 0) is 17.8 Å². The van der Waals surface area contributed by atoms with Crippen molar-refractivity contribution in [1.29, 1.82) is 0 Å². The van der Waals surface area contributed by atoms with Gasteiger partial charge in [0, 0.05) is 18.0 Å². The van der Waals surface area contributed by atoms with E-state index in [1.807, 2.05) is 6.07 Å². The van der Waals surface area contributed by atoms with Crippen molar-refractivity contribution in [2.45, 2.75) is 19.4 Å². The molecule has 146 valence electrons. The Bertz CT molecular complexity index is 1340. The van der Waals surface area contributed by atoms with Gasteiger partial charge < -0.3 is 9.32 Å². The summed E-state index contributed by atoms with van der Waals surface area (Å²) >= 11 is 0. The van der Waals surface area contributed by atoms with E-state index >= 15 is 0 Å². The zero-order chi connectivity index (χ0) is 20.1. The Kier molecular flexibility index (Phi) is 3.94. The summed E-state index contributed by atoms with van der Waals surface area (Å²) in [6, 6.07) is 9.15. The van der Waals surface area contributed by atoms with E-state index in [9.17, 15) is 18.4 Å². The van der Waals surface area contributed by atoms with Crippen LogP contribution in [0.25, 0.3) is 22.1 Å². The number of furan rings is 1. The lowest BCUT2D eigenvalue weighted by Crippen LogP contribution is -2.40. The molecule has 8 heteroatoms. The summed E-state index contributed by atoms with van der Waals surface area (Å²) in [7, 11) is 0. The Morgan fingerprint density at radius 2 is 2.03 bits per heavy atom. The van der Waals surface area contributed by atoms with E-state index in [1.54, 1.807) is 18.2 Å². The number of aryl methyl sites for hydroxylation is 1. The van der Waals surface area contributed by atoms with Crippen LogP contribution in [-0.4, -0.2) is 22.0 Å². The molecule has 0 radical (unpaired) electrons. The molecule has 0 aliphatic carbocycles. The second-order valence-corrected chi connectivity index (χ2v) is 7.00. The van der Waals surface area contributed by atoms with Gasteiger partial charge in [-0.15, -0.1) is 0 Å². The largest absolute Gasteiger partial charge is 0.448 e. The van der Waals surface area contributed by atoms with Crippen LogP contribution >= 0.6 is 0 Å². The van der Waals surface area contributed by atoms with Gasteiger partial charge in [0.2, 0.25) is 11.5 Å². The van der Waals surface area contributed by atoms with Gasteiger partial charge in [-0.25, -0.2) is 13.8 Å². The highest BCUT2D eigenvalue weighted by Gasteiger charge is 2.27. The van der Waals surface area contributed by atoms with Crippen LogP contribution in [0.1, 0.15) is 12.0 Å². The summed E-state index contributed by atoms with van der Waals surface area (Å²) in [6.07, 6.45) is 2.36. The number of benzene rings is 2. The van der Waals surface area contributed by atoms with E-state index in [2.05, 4.69) is 4.98 Å². The number of hydrogen-bond acceptors (Lipinski definition) is 4. The maximum Gasteiger partial charge on any atom is 0.297 e. The standard InChI is InChI=1S/C21H15F2N3O3/c22-13-8-12-4-3-7-26(19(12)15(23)9-13)17(27)10-25-11-24-18-14-5-1-2-6-16(14)29-20(18)21(25)28/h1-2,5-6,8-9,11H,3-4,7,10H2. The van der Waals surface area contributed by atoms with Gasteiger partial charge in [0.1, 0.15) is 29.3 Å². The molecule has 0 N–H and O–H groups in total. The van der Waals surface area contributed by atoms with Gasteiger partial charge in [0.25, 0.3) is 5.56 Å². The molecule has 1 aliphatic rings. The van der Waals surface area contributed by atoms with Gasteiger partial charge in [0.15, 0.2) is 0 Å². The monoisotopic (exact) mass is 395 g/mol. The Hall–Kier alpha value is -3.55. The predicted molar refractivity (Wildman–Crippen MR) is 103 cm³/mol. The van der Waals surface area contributed by atoms with E-state index in [1.165, 1.54) is 17.3 Å². The molecule has 5 rings (SSSR count). The van der Waals surface area contributed by atoms with Gasteiger partial charge in [0.05, 0.1) is 12.0 Å². The molecule has 1 amide bonds. The molecule has 1 aliphatic heterocycles. The molecule has 6 nitrogen and oxygen atoms in total. The van der Waals surface area contributed by atoms with Crippen LogP contribution in [0, 0.1) is 11.6 Å². The lowest BCUT2D eigenvalue weighted by molar-refractivity contribution is -0.119. The average Bonchev–Trinajstić information content (AvgIpc) is 3.09. The van der Waals surface area contributed by atoms with Crippen molar-refractivity contribution in [2.75, 3.05) is 11.4 Å². The Morgan fingerprint density at radius 3 is 2.90 bits per heavy atom. The number of carbonyl (C=O) groups excluding carboxylic acids is 1. The number of anilines is 1. The smallest absolute Gasteiger partial charge is 0.297 e. The van der Waals surface area contributed by atoms with Gasteiger partial charge in [-0.2, -0.15) is 0 Å². The zero-order valence-electron chi connectivity index (χ0n) is 15.2. The van der Waals surface area contributed by atoms with Gasteiger partial charge in [-0.1, -0.05) is 12.1 Å². The van der Waals surface area contributed by atoms with Gasteiger partial charge in [-0.3, -0.25) is 14.2 Å². The number of halogens is 2. The van der Waals surface area contributed by atoms with Crippen molar-refractivity contribution in [1.82, 2.24) is 9.55 Å².